The Labute approximate surface area is 204 Å². The molecule has 0 saturated heterocycles. The number of halogens is 5. The number of hydrogen-bond donors (Lipinski definition) is 1. The van der Waals surface area contributed by atoms with E-state index in [-0.39, 0.29) is 33.6 Å². The maximum absolute atomic E-state index is 14.6. The Hall–Kier alpha value is -4.87. The Kier molecular flexibility index (Phi) is 5.78. The number of fused-ring (bicyclic) bond motifs is 1. The summed E-state index contributed by atoms with van der Waals surface area (Å²) in [5.41, 5.74) is -1.61. The van der Waals surface area contributed by atoms with Crippen molar-refractivity contribution in [2.75, 3.05) is 0 Å². The molecule has 7 nitrogen and oxygen atoms in total. The van der Waals surface area contributed by atoms with Gasteiger partial charge < -0.3 is 9.84 Å². The molecule has 0 bridgehead atoms. The predicted molar refractivity (Wildman–Crippen MR) is 121 cm³/mol. The van der Waals surface area contributed by atoms with Gasteiger partial charge in [0.15, 0.2) is 0 Å². The fraction of sp³-hybridized carbons (Fsp3) is 0.0400. The van der Waals surface area contributed by atoms with Gasteiger partial charge in [0.2, 0.25) is 11.8 Å². The van der Waals surface area contributed by atoms with Crippen LogP contribution in [0, 0.1) is 11.6 Å². The van der Waals surface area contributed by atoms with Crippen LogP contribution in [0.5, 0.6) is 17.5 Å². The van der Waals surface area contributed by atoms with Gasteiger partial charge in [-0.1, -0.05) is 0 Å². The largest absolute Gasteiger partial charge is 0.493 e. The van der Waals surface area contributed by atoms with Gasteiger partial charge in [0.1, 0.15) is 35.0 Å². The van der Waals surface area contributed by atoms with Crippen molar-refractivity contribution in [3.05, 3.63) is 101 Å². The zero-order valence-electron chi connectivity index (χ0n) is 18.4. The molecule has 3 aromatic heterocycles. The van der Waals surface area contributed by atoms with Crippen LogP contribution in [0.15, 0.2) is 78.0 Å². The highest BCUT2D eigenvalue weighted by Crippen LogP contribution is 2.37. The minimum atomic E-state index is -4.72. The quantitative estimate of drug-likeness (QED) is 0.314. The Morgan fingerprint density at radius 1 is 0.946 bits per heavy atom. The first-order valence-corrected chi connectivity index (χ1v) is 10.5. The molecule has 0 aliphatic heterocycles. The molecule has 0 aliphatic carbocycles. The van der Waals surface area contributed by atoms with Crippen LogP contribution in [0.2, 0.25) is 0 Å². The number of rotatable bonds is 4. The van der Waals surface area contributed by atoms with Crippen molar-refractivity contribution in [3.63, 3.8) is 0 Å². The Morgan fingerprint density at radius 2 is 1.76 bits per heavy atom. The van der Waals surface area contributed by atoms with E-state index in [4.69, 9.17) is 4.74 Å². The molecule has 0 fully saturated rings. The molecule has 5 aromatic rings. The molecule has 37 heavy (non-hydrogen) atoms. The summed E-state index contributed by atoms with van der Waals surface area (Å²) in [6.07, 6.45) is -2.44. The minimum absolute atomic E-state index is 0.0388. The van der Waals surface area contributed by atoms with Gasteiger partial charge in [0.05, 0.1) is 16.6 Å². The number of alkyl halides is 3. The van der Waals surface area contributed by atoms with Gasteiger partial charge >= 0.3 is 6.18 Å². The second kappa shape index (κ2) is 8.97. The molecule has 186 valence electrons. The molecule has 0 spiro atoms. The van der Waals surface area contributed by atoms with Crippen LogP contribution in [0.1, 0.15) is 5.56 Å². The average Bonchev–Trinajstić information content (AvgIpc) is 2.85. The van der Waals surface area contributed by atoms with Crippen molar-refractivity contribution >= 4 is 10.9 Å². The van der Waals surface area contributed by atoms with Gasteiger partial charge in [-0.2, -0.15) is 18.2 Å². The van der Waals surface area contributed by atoms with Gasteiger partial charge in [0, 0.05) is 23.9 Å². The van der Waals surface area contributed by atoms with Crippen molar-refractivity contribution in [2.24, 2.45) is 0 Å². The summed E-state index contributed by atoms with van der Waals surface area (Å²) in [6.45, 7) is 0. The van der Waals surface area contributed by atoms with Crippen LogP contribution < -0.4 is 10.3 Å². The van der Waals surface area contributed by atoms with Crippen molar-refractivity contribution in [3.8, 4) is 34.5 Å². The molecular weight excluding hydrogens is 499 g/mol. The smallest absolute Gasteiger partial charge is 0.421 e. The van der Waals surface area contributed by atoms with Crippen LogP contribution in [0.25, 0.3) is 27.8 Å². The predicted octanol–water partition coefficient (Wildman–Crippen LogP) is 5.64. The van der Waals surface area contributed by atoms with E-state index >= 15 is 0 Å². The fourth-order valence-electron chi connectivity index (χ4n) is 3.71. The molecule has 0 amide bonds. The van der Waals surface area contributed by atoms with Crippen LogP contribution in [0.3, 0.4) is 0 Å². The second-order valence-electron chi connectivity index (χ2n) is 7.72. The summed E-state index contributed by atoms with van der Waals surface area (Å²) >= 11 is 0. The number of hydrogen-bond acceptors (Lipinski definition) is 6. The average molecular weight is 512 g/mol. The Balaban J connectivity index is 1.65. The van der Waals surface area contributed by atoms with E-state index in [1.807, 2.05) is 0 Å². The lowest BCUT2D eigenvalue weighted by Crippen LogP contribution is -2.13. The summed E-state index contributed by atoms with van der Waals surface area (Å²) in [6, 6.07) is 11.3. The zero-order valence-corrected chi connectivity index (χ0v) is 18.4. The van der Waals surface area contributed by atoms with E-state index in [2.05, 4.69) is 15.0 Å². The second-order valence-corrected chi connectivity index (χ2v) is 7.72. The van der Waals surface area contributed by atoms with E-state index in [1.165, 1.54) is 34.9 Å². The summed E-state index contributed by atoms with van der Waals surface area (Å²) in [5.74, 6) is -3.00. The SMILES string of the molecule is O=c1ncn(-c2ccc(O)nc2-c2ccc(F)cc2F)c2ccc(Oc3ncccc3C(F)(F)F)cc12. The van der Waals surface area contributed by atoms with Gasteiger partial charge in [-0.05, 0) is 48.5 Å². The van der Waals surface area contributed by atoms with E-state index in [9.17, 15) is 31.9 Å². The third-order valence-electron chi connectivity index (χ3n) is 5.34. The number of aromatic hydroxyl groups is 1. The maximum Gasteiger partial charge on any atom is 0.421 e. The van der Waals surface area contributed by atoms with Crippen LogP contribution in [-0.2, 0) is 6.18 Å². The first-order chi connectivity index (χ1) is 17.6. The lowest BCUT2D eigenvalue weighted by atomic mass is 10.1. The van der Waals surface area contributed by atoms with Crippen molar-refractivity contribution in [2.45, 2.75) is 6.18 Å². The van der Waals surface area contributed by atoms with E-state index < -0.39 is 40.7 Å². The highest BCUT2D eigenvalue weighted by atomic mass is 19.4. The summed E-state index contributed by atoms with van der Waals surface area (Å²) < 4.78 is 74.7. The number of nitrogens with zero attached hydrogens (tertiary/aromatic N) is 4. The standard InChI is InChI=1S/C25H13F5N4O3/c26-13-3-5-15(18(27)10-13)22-20(7-8-21(35)33-22)34-12-32-23(36)16-11-14(4-6-19(16)34)37-24-17(25(28,29)30)2-1-9-31-24/h1-12H,(H,33,35). The number of pyridine rings is 2. The number of aromatic nitrogens is 4. The van der Waals surface area contributed by atoms with E-state index in [0.717, 1.165) is 36.8 Å². The molecule has 0 radical (unpaired) electrons. The summed E-state index contributed by atoms with van der Waals surface area (Å²) in [7, 11) is 0. The van der Waals surface area contributed by atoms with Crippen LogP contribution in [-0.4, -0.2) is 24.6 Å². The van der Waals surface area contributed by atoms with Crippen LogP contribution in [0.4, 0.5) is 22.0 Å². The fourth-order valence-corrected chi connectivity index (χ4v) is 3.71. The lowest BCUT2D eigenvalue weighted by molar-refractivity contribution is -0.138. The number of benzene rings is 2. The molecule has 12 heteroatoms. The zero-order chi connectivity index (χ0) is 26.3. The molecular formula is C25H13F5N4O3. The summed E-state index contributed by atoms with van der Waals surface area (Å²) in [5, 5.41) is 9.88. The molecule has 3 heterocycles. The molecule has 0 atom stereocenters. The first kappa shape index (κ1) is 23.9. The van der Waals surface area contributed by atoms with Crippen molar-refractivity contribution in [1.29, 1.82) is 0 Å². The van der Waals surface area contributed by atoms with E-state index in [0.29, 0.717) is 6.07 Å². The minimum Gasteiger partial charge on any atom is -0.493 e. The normalized spacial score (nSPS) is 11.6. The van der Waals surface area contributed by atoms with Crippen LogP contribution >= 0.6 is 0 Å². The topological polar surface area (TPSA) is 90.1 Å². The monoisotopic (exact) mass is 512 g/mol. The molecule has 0 unspecified atom stereocenters. The van der Waals surface area contributed by atoms with Gasteiger partial charge in [-0.25, -0.2) is 18.7 Å². The summed E-state index contributed by atoms with van der Waals surface area (Å²) in [4.78, 5) is 24.0. The van der Waals surface area contributed by atoms with Gasteiger partial charge in [0.25, 0.3) is 5.56 Å². The highest BCUT2D eigenvalue weighted by Gasteiger charge is 2.35. The van der Waals surface area contributed by atoms with Crippen molar-refractivity contribution < 1.29 is 31.8 Å². The Morgan fingerprint density at radius 3 is 2.51 bits per heavy atom. The first-order valence-electron chi connectivity index (χ1n) is 10.5. The lowest BCUT2D eigenvalue weighted by Gasteiger charge is -2.16. The van der Waals surface area contributed by atoms with E-state index in [1.54, 1.807) is 0 Å². The van der Waals surface area contributed by atoms with Crippen molar-refractivity contribution in [1.82, 2.24) is 19.5 Å². The molecule has 1 N–H and O–H groups in total. The third kappa shape index (κ3) is 4.56. The number of ether oxygens (including phenoxy) is 1. The highest BCUT2D eigenvalue weighted by molar-refractivity contribution is 5.83. The van der Waals surface area contributed by atoms with Gasteiger partial charge in [-0.3, -0.25) is 9.36 Å². The third-order valence-corrected chi connectivity index (χ3v) is 5.34. The molecule has 2 aromatic carbocycles. The molecule has 5 rings (SSSR count). The molecule has 0 saturated carbocycles. The molecule has 0 aliphatic rings. The van der Waals surface area contributed by atoms with Gasteiger partial charge in [-0.15, -0.1) is 0 Å². The Bertz CT molecular complexity index is 1720. The maximum atomic E-state index is 14.6.